The summed E-state index contributed by atoms with van der Waals surface area (Å²) in [5, 5.41) is 8.27. The van der Waals surface area contributed by atoms with E-state index in [-0.39, 0.29) is 0 Å². The third kappa shape index (κ3) is 3.61. The number of nitrogens with one attached hydrogen (secondary N) is 1. The van der Waals surface area contributed by atoms with Crippen LogP contribution in [0.4, 0.5) is 0 Å². The zero-order valence-electron chi connectivity index (χ0n) is 13.4. The van der Waals surface area contributed by atoms with Gasteiger partial charge >= 0.3 is 0 Å². The van der Waals surface area contributed by atoms with Crippen molar-refractivity contribution in [1.82, 2.24) is 15.1 Å². The Hall–Kier alpha value is -0.870. The predicted octanol–water partition coefficient (Wildman–Crippen LogP) is 2.41. The lowest BCUT2D eigenvalue weighted by atomic mass is 10.0. The molecule has 4 heteroatoms. The summed E-state index contributed by atoms with van der Waals surface area (Å²) in [6, 6.07) is 2.65. The molecule has 1 N–H and O–H groups in total. The summed E-state index contributed by atoms with van der Waals surface area (Å²) < 4.78 is 7.92. The highest BCUT2D eigenvalue weighted by atomic mass is 16.5. The summed E-state index contributed by atoms with van der Waals surface area (Å²) in [6.45, 7) is 8.41. The van der Waals surface area contributed by atoms with E-state index < -0.39 is 0 Å². The van der Waals surface area contributed by atoms with E-state index in [0.717, 1.165) is 31.8 Å². The Balaban J connectivity index is 2.11. The lowest BCUT2D eigenvalue weighted by Gasteiger charge is -2.27. The molecule has 2 atom stereocenters. The first-order valence-corrected chi connectivity index (χ1v) is 8.05. The van der Waals surface area contributed by atoms with Crippen LogP contribution in [0.2, 0.25) is 0 Å². The van der Waals surface area contributed by atoms with Crippen LogP contribution in [0.25, 0.3) is 0 Å². The van der Waals surface area contributed by atoms with E-state index in [9.17, 15) is 0 Å². The highest BCUT2D eigenvalue weighted by molar-refractivity contribution is 5.13. The van der Waals surface area contributed by atoms with Gasteiger partial charge in [0, 0.05) is 31.8 Å². The van der Waals surface area contributed by atoms with Crippen molar-refractivity contribution in [2.45, 2.75) is 65.1 Å². The van der Waals surface area contributed by atoms with Gasteiger partial charge in [0.2, 0.25) is 0 Å². The standard InChI is InChI=1S/C16H29N3O/c1-5-13-10-14(19(7-3)18-13)11-15(17-6-2)16(20-4)12-8-9-12/h10,12,15-17H,5-9,11H2,1-4H3. The van der Waals surface area contributed by atoms with Gasteiger partial charge in [-0.1, -0.05) is 13.8 Å². The number of likely N-dealkylation sites (N-methyl/N-ethyl adjacent to an activating group) is 1. The van der Waals surface area contributed by atoms with E-state index in [1.54, 1.807) is 0 Å². The van der Waals surface area contributed by atoms with Crippen molar-refractivity contribution in [3.05, 3.63) is 17.5 Å². The number of ether oxygens (including phenoxy) is 1. The van der Waals surface area contributed by atoms with E-state index in [2.05, 4.69) is 41.9 Å². The summed E-state index contributed by atoms with van der Waals surface area (Å²) in [6.07, 6.45) is 4.97. The van der Waals surface area contributed by atoms with Crippen molar-refractivity contribution >= 4 is 0 Å². The fourth-order valence-electron chi connectivity index (χ4n) is 3.03. The predicted molar refractivity (Wildman–Crippen MR) is 82.0 cm³/mol. The zero-order valence-corrected chi connectivity index (χ0v) is 13.4. The van der Waals surface area contributed by atoms with Crippen molar-refractivity contribution in [1.29, 1.82) is 0 Å². The molecule has 2 rings (SSSR count). The quantitative estimate of drug-likeness (QED) is 0.754. The Bertz CT molecular complexity index is 412. The molecule has 0 bridgehead atoms. The van der Waals surface area contributed by atoms with Crippen LogP contribution in [0, 0.1) is 5.92 Å². The van der Waals surface area contributed by atoms with E-state index in [1.165, 1.54) is 24.2 Å². The number of aromatic nitrogens is 2. The molecule has 1 aliphatic rings. The Morgan fingerprint density at radius 3 is 2.65 bits per heavy atom. The number of methoxy groups -OCH3 is 1. The van der Waals surface area contributed by atoms with Gasteiger partial charge in [0.15, 0.2) is 0 Å². The Morgan fingerprint density at radius 1 is 1.40 bits per heavy atom. The molecule has 0 aromatic carbocycles. The first-order valence-electron chi connectivity index (χ1n) is 8.05. The Labute approximate surface area is 122 Å². The molecule has 1 fully saturated rings. The molecular formula is C16H29N3O. The summed E-state index contributed by atoms with van der Waals surface area (Å²) in [4.78, 5) is 0. The van der Waals surface area contributed by atoms with Crippen molar-refractivity contribution in [3.63, 3.8) is 0 Å². The van der Waals surface area contributed by atoms with E-state index in [1.807, 2.05) is 7.11 Å². The molecule has 0 radical (unpaired) electrons. The van der Waals surface area contributed by atoms with Gasteiger partial charge in [-0.15, -0.1) is 0 Å². The molecule has 0 spiro atoms. The van der Waals surface area contributed by atoms with Gasteiger partial charge in [0.25, 0.3) is 0 Å². The Morgan fingerprint density at radius 2 is 2.15 bits per heavy atom. The van der Waals surface area contributed by atoms with Gasteiger partial charge in [0.05, 0.1) is 11.8 Å². The summed E-state index contributed by atoms with van der Waals surface area (Å²) in [5.41, 5.74) is 2.52. The zero-order chi connectivity index (χ0) is 14.5. The number of nitrogens with zero attached hydrogens (tertiary/aromatic N) is 2. The molecule has 0 amide bonds. The first-order chi connectivity index (χ1) is 9.73. The van der Waals surface area contributed by atoms with Gasteiger partial charge in [-0.2, -0.15) is 5.10 Å². The molecule has 1 saturated carbocycles. The molecule has 1 aliphatic carbocycles. The number of rotatable bonds is 9. The molecule has 4 nitrogen and oxygen atoms in total. The SMILES string of the molecule is CCNC(Cc1cc(CC)nn1CC)C(OC)C1CC1. The van der Waals surface area contributed by atoms with Crippen LogP contribution < -0.4 is 5.32 Å². The van der Waals surface area contributed by atoms with Gasteiger partial charge in [0.1, 0.15) is 0 Å². The maximum Gasteiger partial charge on any atom is 0.0756 e. The van der Waals surface area contributed by atoms with Crippen LogP contribution >= 0.6 is 0 Å². The maximum absolute atomic E-state index is 5.78. The largest absolute Gasteiger partial charge is 0.380 e. The van der Waals surface area contributed by atoms with Crippen LogP contribution in [0.3, 0.4) is 0 Å². The Kier molecular flexibility index (Phi) is 5.61. The molecule has 1 heterocycles. The van der Waals surface area contributed by atoms with Crippen molar-refractivity contribution in [2.75, 3.05) is 13.7 Å². The van der Waals surface area contributed by atoms with Crippen molar-refractivity contribution in [2.24, 2.45) is 5.92 Å². The normalized spacial score (nSPS) is 18.2. The van der Waals surface area contributed by atoms with Crippen LogP contribution in [-0.4, -0.2) is 35.6 Å². The fraction of sp³-hybridized carbons (Fsp3) is 0.812. The minimum atomic E-state index is 0.334. The summed E-state index contributed by atoms with van der Waals surface area (Å²) in [5.74, 6) is 0.743. The summed E-state index contributed by atoms with van der Waals surface area (Å²) >= 11 is 0. The van der Waals surface area contributed by atoms with Crippen molar-refractivity contribution in [3.8, 4) is 0 Å². The van der Waals surface area contributed by atoms with E-state index in [0.29, 0.717) is 12.1 Å². The second kappa shape index (κ2) is 7.23. The van der Waals surface area contributed by atoms with E-state index in [4.69, 9.17) is 4.74 Å². The van der Waals surface area contributed by atoms with Gasteiger partial charge in [-0.05, 0) is 44.7 Å². The van der Waals surface area contributed by atoms with Gasteiger partial charge in [-0.3, -0.25) is 4.68 Å². The fourth-order valence-corrected chi connectivity index (χ4v) is 3.03. The maximum atomic E-state index is 5.78. The lowest BCUT2D eigenvalue weighted by molar-refractivity contribution is 0.0510. The average molecular weight is 279 g/mol. The van der Waals surface area contributed by atoms with Crippen LogP contribution in [0.15, 0.2) is 6.07 Å². The molecule has 0 saturated heterocycles. The molecular weight excluding hydrogens is 250 g/mol. The van der Waals surface area contributed by atoms with E-state index >= 15 is 0 Å². The third-order valence-corrected chi connectivity index (χ3v) is 4.23. The molecule has 1 aromatic rings. The molecule has 0 aliphatic heterocycles. The third-order valence-electron chi connectivity index (χ3n) is 4.23. The molecule has 114 valence electrons. The van der Waals surface area contributed by atoms with Crippen molar-refractivity contribution < 1.29 is 4.74 Å². The average Bonchev–Trinajstić information content (AvgIpc) is 3.20. The molecule has 20 heavy (non-hydrogen) atoms. The second-order valence-electron chi connectivity index (χ2n) is 5.70. The number of hydrogen-bond acceptors (Lipinski definition) is 3. The van der Waals surface area contributed by atoms with Gasteiger partial charge in [-0.25, -0.2) is 0 Å². The number of aryl methyl sites for hydroxylation is 2. The monoisotopic (exact) mass is 279 g/mol. The highest BCUT2D eigenvalue weighted by Gasteiger charge is 2.36. The minimum Gasteiger partial charge on any atom is -0.380 e. The minimum absolute atomic E-state index is 0.334. The topological polar surface area (TPSA) is 39.1 Å². The second-order valence-corrected chi connectivity index (χ2v) is 5.70. The number of hydrogen-bond donors (Lipinski definition) is 1. The highest BCUT2D eigenvalue weighted by Crippen LogP contribution is 2.36. The summed E-state index contributed by atoms with van der Waals surface area (Å²) in [7, 11) is 1.85. The van der Waals surface area contributed by atoms with Crippen LogP contribution in [-0.2, 0) is 24.1 Å². The first kappa shape index (κ1) is 15.5. The molecule has 1 aromatic heterocycles. The van der Waals surface area contributed by atoms with Crippen LogP contribution in [0.5, 0.6) is 0 Å². The lowest BCUT2D eigenvalue weighted by Crippen LogP contribution is -2.44. The van der Waals surface area contributed by atoms with Crippen LogP contribution in [0.1, 0.15) is 45.0 Å². The van der Waals surface area contributed by atoms with Gasteiger partial charge < -0.3 is 10.1 Å². The molecule has 2 unspecified atom stereocenters. The smallest absolute Gasteiger partial charge is 0.0756 e.